The monoisotopic (exact) mass is 455 g/mol. The summed E-state index contributed by atoms with van der Waals surface area (Å²) in [6.07, 6.45) is 2.31. The van der Waals surface area contributed by atoms with Crippen LogP contribution < -0.4 is 0 Å². The molecule has 4 rings (SSSR count). The highest BCUT2D eigenvalue weighted by molar-refractivity contribution is 5.76. The molecule has 0 saturated carbocycles. The lowest BCUT2D eigenvalue weighted by Crippen LogP contribution is -2.23. The number of imidazole rings is 1. The summed E-state index contributed by atoms with van der Waals surface area (Å²) >= 11 is 0. The van der Waals surface area contributed by atoms with Gasteiger partial charge in [0.2, 0.25) is 0 Å². The first-order valence-corrected chi connectivity index (χ1v) is 12.1. The van der Waals surface area contributed by atoms with Crippen LogP contribution in [0.15, 0.2) is 60.7 Å². The van der Waals surface area contributed by atoms with Crippen LogP contribution in [0.3, 0.4) is 0 Å². The van der Waals surface area contributed by atoms with Crippen molar-refractivity contribution in [1.29, 1.82) is 0 Å². The fraction of sp³-hybridized carbons (Fsp3) is 0.345. The second kappa shape index (κ2) is 10.2. The molecule has 5 heteroatoms. The molecule has 0 spiro atoms. The van der Waals surface area contributed by atoms with Crippen LogP contribution in [0.1, 0.15) is 66.4 Å². The molecule has 0 aliphatic rings. The summed E-state index contributed by atoms with van der Waals surface area (Å²) in [4.78, 5) is 21.8. The lowest BCUT2D eigenvalue weighted by atomic mass is 9.78. The molecule has 5 nitrogen and oxygen atoms in total. The number of aromatic nitrogens is 3. The Bertz CT molecular complexity index is 1280. The number of hydrogen-bond acceptors (Lipinski definition) is 3. The van der Waals surface area contributed by atoms with Crippen LogP contribution in [-0.2, 0) is 17.8 Å². The number of benzene rings is 2. The molecule has 0 radical (unpaired) electrons. The maximum absolute atomic E-state index is 12.2. The van der Waals surface area contributed by atoms with Crippen molar-refractivity contribution in [1.82, 2.24) is 14.5 Å². The van der Waals surface area contributed by atoms with Crippen LogP contribution in [0.25, 0.3) is 11.2 Å². The highest BCUT2D eigenvalue weighted by Crippen LogP contribution is 2.35. The largest absolute Gasteiger partial charge is 0.481 e. The van der Waals surface area contributed by atoms with E-state index in [1.807, 2.05) is 44.2 Å². The summed E-state index contributed by atoms with van der Waals surface area (Å²) in [7, 11) is 0. The smallest absolute Gasteiger partial charge is 0.307 e. The zero-order valence-electron chi connectivity index (χ0n) is 20.5. The van der Waals surface area contributed by atoms with Gasteiger partial charge in [0.15, 0.2) is 5.65 Å². The van der Waals surface area contributed by atoms with E-state index in [0.717, 1.165) is 57.8 Å². The van der Waals surface area contributed by atoms with Crippen molar-refractivity contribution >= 4 is 17.1 Å². The van der Waals surface area contributed by atoms with Crippen molar-refractivity contribution in [3.63, 3.8) is 0 Å². The number of nitrogens with zero attached hydrogens (tertiary/aromatic N) is 3. The molecule has 0 aliphatic heterocycles. The molecule has 176 valence electrons. The van der Waals surface area contributed by atoms with E-state index in [1.165, 1.54) is 0 Å². The zero-order valence-corrected chi connectivity index (χ0v) is 20.5. The number of fused-ring (bicyclic) bond motifs is 1. The molecule has 0 unspecified atom stereocenters. The van der Waals surface area contributed by atoms with Gasteiger partial charge in [-0.2, -0.15) is 0 Å². The van der Waals surface area contributed by atoms with Crippen LogP contribution in [0, 0.1) is 19.8 Å². The van der Waals surface area contributed by atoms with Crippen molar-refractivity contribution in [2.75, 3.05) is 0 Å². The van der Waals surface area contributed by atoms with E-state index < -0.39 is 11.9 Å². The van der Waals surface area contributed by atoms with E-state index in [1.54, 1.807) is 0 Å². The van der Waals surface area contributed by atoms with Crippen molar-refractivity contribution in [3.05, 3.63) is 94.4 Å². The van der Waals surface area contributed by atoms with Crippen molar-refractivity contribution in [2.45, 2.75) is 59.4 Å². The van der Waals surface area contributed by atoms with Gasteiger partial charge in [-0.25, -0.2) is 9.97 Å². The normalized spacial score (nSPS) is 13.2. The highest BCUT2D eigenvalue weighted by atomic mass is 16.4. The molecular formula is C29H33N3O2. The number of rotatable bonds is 9. The van der Waals surface area contributed by atoms with E-state index in [-0.39, 0.29) is 5.92 Å². The van der Waals surface area contributed by atoms with E-state index in [2.05, 4.69) is 48.7 Å². The van der Waals surface area contributed by atoms with Crippen LogP contribution in [0.2, 0.25) is 0 Å². The summed E-state index contributed by atoms with van der Waals surface area (Å²) in [5.41, 5.74) is 7.25. The lowest BCUT2D eigenvalue weighted by Gasteiger charge is -2.25. The van der Waals surface area contributed by atoms with Gasteiger partial charge in [0.05, 0.1) is 12.5 Å². The topological polar surface area (TPSA) is 68.0 Å². The van der Waals surface area contributed by atoms with Gasteiger partial charge in [-0.05, 0) is 48.6 Å². The minimum atomic E-state index is -0.742. The Balaban J connectivity index is 1.70. The summed E-state index contributed by atoms with van der Waals surface area (Å²) < 4.78 is 2.20. The number of carboxylic acids is 1. The van der Waals surface area contributed by atoms with Gasteiger partial charge in [-0.3, -0.25) is 4.79 Å². The Labute approximate surface area is 201 Å². The maximum Gasteiger partial charge on any atom is 0.307 e. The number of pyridine rings is 1. The van der Waals surface area contributed by atoms with E-state index >= 15 is 0 Å². The van der Waals surface area contributed by atoms with E-state index in [9.17, 15) is 9.90 Å². The van der Waals surface area contributed by atoms with Gasteiger partial charge in [-0.15, -0.1) is 0 Å². The van der Waals surface area contributed by atoms with Crippen molar-refractivity contribution < 1.29 is 9.90 Å². The number of aliphatic carboxylic acids is 1. The number of carboxylic acid groups (broad SMARTS) is 1. The van der Waals surface area contributed by atoms with Gasteiger partial charge in [0.25, 0.3) is 0 Å². The minimum Gasteiger partial charge on any atom is -0.481 e. The molecule has 34 heavy (non-hydrogen) atoms. The van der Waals surface area contributed by atoms with E-state index in [0.29, 0.717) is 13.0 Å². The quantitative estimate of drug-likeness (QED) is 0.322. The third-order valence-electron chi connectivity index (χ3n) is 6.57. The average Bonchev–Trinajstić information content (AvgIpc) is 3.18. The maximum atomic E-state index is 12.2. The third kappa shape index (κ3) is 4.74. The first-order valence-electron chi connectivity index (χ1n) is 12.1. The third-order valence-corrected chi connectivity index (χ3v) is 6.57. The van der Waals surface area contributed by atoms with Crippen LogP contribution in [0.5, 0.6) is 0 Å². The Morgan fingerprint density at radius 1 is 0.971 bits per heavy atom. The Morgan fingerprint density at radius 2 is 1.65 bits per heavy atom. The second-order valence-electron chi connectivity index (χ2n) is 9.08. The summed E-state index contributed by atoms with van der Waals surface area (Å²) in [6.45, 7) is 8.94. The molecule has 0 bridgehead atoms. The molecule has 2 aromatic carbocycles. The Kier molecular flexibility index (Phi) is 7.11. The predicted octanol–water partition coefficient (Wildman–Crippen LogP) is 6.29. The average molecular weight is 456 g/mol. The van der Waals surface area contributed by atoms with Crippen molar-refractivity contribution in [3.8, 4) is 0 Å². The molecule has 0 amide bonds. The highest BCUT2D eigenvalue weighted by Gasteiger charge is 2.30. The molecule has 0 fully saturated rings. The summed E-state index contributed by atoms with van der Waals surface area (Å²) in [6, 6.07) is 20.5. The van der Waals surface area contributed by atoms with Gasteiger partial charge in [0, 0.05) is 18.0 Å². The molecular weight excluding hydrogens is 422 g/mol. The fourth-order valence-corrected chi connectivity index (χ4v) is 4.96. The number of aryl methyl sites for hydroxylation is 3. The zero-order chi connectivity index (χ0) is 24.2. The van der Waals surface area contributed by atoms with Gasteiger partial charge in [0.1, 0.15) is 11.3 Å². The van der Waals surface area contributed by atoms with Crippen molar-refractivity contribution in [2.24, 2.45) is 5.92 Å². The van der Waals surface area contributed by atoms with Crippen LogP contribution >= 0.6 is 0 Å². The van der Waals surface area contributed by atoms with E-state index in [4.69, 9.17) is 9.97 Å². The molecule has 2 aromatic heterocycles. The first-order chi connectivity index (χ1) is 16.4. The van der Waals surface area contributed by atoms with Crippen LogP contribution in [-0.4, -0.2) is 25.6 Å². The number of hydrogen-bond donors (Lipinski definition) is 1. The second-order valence-corrected chi connectivity index (χ2v) is 9.08. The standard InChI is InChI=1S/C29H33N3O2/c1-5-10-24(29(33)34)26(22-11-8-7-9-12-22)23-15-13-21(14-16-23)18-32-25(6-2)31-27-19(3)17-20(4)30-28(27)32/h7-9,11-17,24,26H,5-6,10,18H2,1-4H3,(H,33,34)/t24-,26-/m0/s1. The van der Waals surface area contributed by atoms with Gasteiger partial charge >= 0.3 is 5.97 Å². The molecule has 2 atom stereocenters. The predicted molar refractivity (Wildman–Crippen MR) is 136 cm³/mol. The molecule has 2 heterocycles. The molecule has 1 N–H and O–H groups in total. The van der Waals surface area contributed by atoms with Crippen LogP contribution in [0.4, 0.5) is 0 Å². The molecule has 0 saturated heterocycles. The Morgan fingerprint density at radius 3 is 2.26 bits per heavy atom. The fourth-order valence-electron chi connectivity index (χ4n) is 4.96. The minimum absolute atomic E-state index is 0.181. The molecule has 4 aromatic rings. The first kappa shape index (κ1) is 23.7. The molecule has 0 aliphatic carbocycles. The summed E-state index contributed by atoms with van der Waals surface area (Å²) in [5.74, 6) is -0.358. The van der Waals surface area contributed by atoms with Gasteiger partial charge in [-0.1, -0.05) is 74.9 Å². The lowest BCUT2D eigenvalue weighted by molar-refractivity contribution is -0.142. The SMILES string of the molecule is CCC[C@H](C(=O)O)[C@@H](c1ccccc1)c1ccc(Cn2c(CC)nc3c(C)cc(C)nc32)cc1. The summed E-state index contributed by atoms with van der Waals surface area (Å²) in [5, 5.41) is 10.0. The number of carbonyl (C=O) groups is 1. The Hall–Kier alpha value is -3.47. The van der Waals surface area contributed by atoms with Gasteiger partial charge < -0.3 is 9.67 Å².